The van der Waals surface area contributed by atoms with Crippen LogP contribution in [-0.2, 0) is 11.2 Å². The molecule has 0 aromatic heterocycles. The van der Waals surface area contributed by atoms with Crippen molar-refractivity contribution in [2.75, 3.05) is 0 Å². The van der Waals surface area contributed by atoms with Crippen LogP contribution in [0, 0.1) is 5.92 Å². The van der Waals surface area contributed by atoms with Gasteiger partial charge in [0.15, 0.2) is 0 Å². The first kappa shape index (κ1) is 13.6. The number of amides is 1. The second-order valence-electron chi connectivity index (χ2n) is 6.31. The third-order valence-corrected chi connectivity index (χ3v) is 4.87. The van der Waals surface area contributed by atoms with Gasteiger partial charge in [-0.3, -0.25) is 10.1 Å². The lowest BCUT2D eigenvalue weighted by atomic mass is 10.0. The summed E-state index contributed by atoms with van der Waals surface area (Å²) in [6, 6.07) is 10.7. The summed E-state index contributed by atoms with van der Waals surface area (Å²) in [6.45, 7) is 4.40. The second-order valence-corrected chi connectivity index (χ2v) is 6.31. The second kappa shape index (κ2) is 5.57. The van der Waals surface area contributed by atoms with Crippen molar-refractivity contribution in [2.24, 2.45) is 5.92 Å². The van der Waals surface area contributed by atoms with Gasteiger partial charge >= 0.3 is 0 Å². The lowest BCUT2D eigenvalue weighted by molar-refractivity contribution is -0.132. The summed E-state index contributed by atoms with van der Waals surface area (Å²) >= 11 is 0. The molecule has 3 heteroatoms. The molecule has 0 bridgehead atoms. The molecule has 1 aliphatic heterocycles. The maximum Gasteiger partial charge on any atom is 0.241 e. The average molecular weight is 272 g/mol. The summed E-state index contributed by atoms with van der Waals surface area (Å²) < 4.78 is 0. The van der Waals surface area contributed by atoms with Gasteiger partial charge in [0.2, 0.25) is 5.91 Å². The smallest absolute Gasteiger partial charge is 0.241 e. The van der Waals surface area contributed by atoms with Crippen molar-refractivity contribution in [3.05, 3.63) is 35.9 Å². The van der Waals surface area contributed by atoms with Gasteiger partial charge in [-0.25, -0.2) is 0 Å². The highest BCUT2D eigenvalue weighted by Gasteiger charge is 2.43. The Morgan fingerprint density at radius 2 is 1.95 bits per heavy atom. The Bertz CT molecular complexity index is 473. The Balaban J connectivity index is 1.72. The van der Waals surface area contributed by atoms with Gasteiger partial charge in [-0.15, -0.1) is 0 Å². The largest absolute Gasteiger partial charge is 0.323 e. The fraction of sp³-hybridized carbons (Fsp3) is 0.588. The molecule has 1 saturated carbocycles. The first-order valence-electron chi connectivity index (χ1n) is 7.79. The van der Waals surface area contributed by atoms with Crippen molar-refractivity contribution in [2.45, 2.75) is 57.8 Å². The van der Waals surface area contributed by atoms with Gasteiger partial charge in [0, 0.05) is 6.04 Å². The highest BCUT2D eigenvalue weighted by atomic mass is 16.2. The first-order chi connectivity index (χ1) is 9.66. The molecule has 3 nitrogen and oxygen atoms in total. The molecule has 1 amide bonds. The number of carbonyl (C=O) groups excluding carboxylic acids is 1. The van der Waals surface area contributed by atoms with Gasteiger partial charge in [0.25, 0.3) is 0 Å². The van der Waals surface area contributed by atoms with Crippen LogP contribution in [0.4, 0.5) is 0 Å². The Morgan fingerprint density at radius 1 is 1.20 bits per heavy atom. The summed E-state index contributed by atoms with van der Waals surface area (Å²) in [5.41, 5.74) is 1.23. The lowest BCUT2D eigenvalue weighted by Crippen LogP contribution is -2.44. The van der Waals surface area contributed by atoms with Crippen LogP contribution in [-0.4, -0.2) is 29.1 Å². The Kier molecular flexibility index (Phi) is 3.79. The van der Waals surface area contributed by atoms with Gasteiger partial charge < -0.3 is 4.90 Å². The number of benzene rings is 1. The molecule has 3 rings (SSSR count). The molecule has 1 aliphatic carbocycles. The van der Waals surface area contributed by atoms with Gasteiger partial charge in [-0.1, -0.05) is 43.7 Å². The van der Waals surface area contributed by atoms with Crippen LogP contribution >= 0.6 is 0 Å². The predicted molar refractivity (Wildman–Crippen MR) is 80.2 cm³/mol. The molecule has 1 saturated heterocycles. The van der Waals surface area contributed by atoms with Crippen LogP contribution in [0.2, 0.25) is 0 Å². The fourth-order valence-corrected chi connectivity index (χ4v) is 3.80. The van der Waals surface area contributed by atoms with Crippen LogP contribution in [0.5, 0.6) is 0 Å². The Labute approximate surface area is 121 Å². The molecule has 1 aromatic rings. The standard InChI is InChI=1S/C17H24N2O/c1-12-7-6-10-16(12)19-13(2)18-15(17(19)20)11-14-8-4-3-5-9-14/h3-5,8-9,12-13,15-16,18H,6-7,10-11H2,1-2H3. The van der Waals surface area contributed by atoms with E-state index in [-0.39, 0.29) is 12.2 Å². The van der Waals surface area contributed by atoms with Gasteiger partial charge in [0.1, 0.15) is 0 Å². The molecule has 4 atom stereocenters. The predicted octanol–water partition coefficient (Wildman–Crippen LogP) is 2.56. The molecular formula is C17H24N2O. The molecule has 4 unspecified atom stereocenters. The third kappa shape index (κ3) is 2.47. The summed E-state index contributed by atoms with van der Waals surface area (Å²) in [4.78, 5) is 14.8. The summed E-state index contributed by atoms with van der Waals surface area (Å²) in [5.74, 6) is 0.929. The zero-order valence-electron chi connectivity index (χ0n) is 12.4. The summed E-state index contributed by atoms with van der Waals surface area (Å²) in [5, 5.41) is 3.48. The molecule has 1 aromatic carbocycles. The molecule has 2 fully saturated rings. The zero-order valence-corrected chi connectivity index (χ0v) is 12.4. The van der Waals surface area contributed by atoms with Crippen molar-refractivity contribution >= 4 is 5.91 Å². The number of hydrogen-bond acceptors (Lipinski definition) is 2. The zero-order chi connectivity index (χ0) is 14.1. The fourth-order valence-electron chi connectivity index (χ4n) is 3.80. The topological polar surface area (TPSA) is 32.3 Å². The number of hydrogen-bond donors (Lipinski definition) is 1. The van der Waals surface area contributed by atoms with Crippen LogP contribution in [0.1, 0.15) is 38.7 Å². The summed E-state index contributed by atoms with van der Waals surface area (Å²) in [7, 11) is 0. The molecule has 0 radical (unpaired) electrons. The van der Waals surface area contributed by atoms with E-state index in [1.165, 1.54) is 18.4 Å². The van der Waals surface area contributed by atoms with Crippen LogP contribution < -0.4 is 5.32 Å². The van der Waals surface area contributed by atoms with Gasteiger partial charge in [-0.2, -0.15) is 0 Å². The van der Waals surface area contributed by atoms with Crippen molar-refractivity contribution in [1.82, 2.24) is 10.2 Å². The van der Waals surface area contributed by atoms with E-state index in [1.54, 1.807) is 0 Å². The molecule has 108 valence electrons. The average Bonchev–Trinajstić information content (AvgIpc) is 2.96. The third-order valence-electron chi connectivity index (χ3n) is 4.87. The maximum atomic E-state index is 12.7. The highest BCUT2D eigenvalue weighted by Crippen LogP contribution is 2.32. The van der Waals surface area contributed by atoms with E-state index in [2.05, 4.69) is 36.2 Å². The maximum absolute atomic E-state index is 12.7. The van der Waals surface area contributed by atoms with E-state index in [0.29, 0.717) is 17.9 Å². The van der Waals surface area contributed by atoms with Crippen molar-refractivity contribution in [1.29, 1.82) is 0 Å². The molecule has 0 spiro atoms. The monoisotopic (exact) mass is 272 g/mol. The van der Waals surface area contributed by atoms with Crippen molar-refractivity contribution in [3.8, 4) is 0 Å². The minimum Gasteiger partial charge on any atom is -0.323 e. The minimum atomic E-state index is -0.0554. The Hall–Kier alpha value is -1.35. The molecule has 2 aliphatic rings. The number of nitrogens with zero attached hydrogens (tertiary/aromatic N) is 1. The summed E-state index contributed by atoms with van der Waals surface area (Å²) in [6.07, 6.45) is 4.64. The van der Waals surface area contributed by atoms with E-state index >= 15 is 0 Å². The molecule has 20 heavy (non-hydrogen) atoms. The van der Waals surface area contributed by atoms with E-state index in [1.807, 2.05) is 18.2 Å². The lowest BCUT2D eigenvalue weighted by Gasteiger charge is -2.31. The number of nitrogens with one attached hydrogen (secondary N) is 1. The number of carbonyl (C=O) groups is 1. The first-order valence-corrected chi connectivity index (χ1v) is 7.79. The van der Waals surface area contributed by atoms with E-state index in [9.17, 15) is 4.79 Å². The van der Waals surface area contributed by atoms with E-state index in [4.69, 9.17) is 0 Å². The van der Waals surface area contributed by atoms with Crippen LogP contribution in [0.3, 0.4) is 0 Å². The molecule has 1 N–H and O–H groups in total. The van der Waals surface area contributed by atoms with E-state index in [0.717, 1.165) is 12.8 Å². The van der Waals surface area contributed by atoms with Crippen LogP contribution in [0.25, 0.3) is 0 Å². The highest BCUT2D eigenvalue weighted by molar-refractivity contribution is 5.85. The quantitative estimate of drug-likeness (QED) is 0.917. The molecular weight excluding hydrogens is 248 g/mol. The van der Waals surface area contributed by atoms with Gasteiger partial charge in [0.05, 0.1) is 12.2 Å². The van der Waals surface area contributed by atoms with Crippen molar-refractivity contribution in [3.63, 3.8) is 0 Å². The molecule has 1 heterocycles. The number of rotatable bonds is 3. The minimum absolute atomic E-state index is 0.0554. The van der Waals surface area contributed by atoms with E-state index < -0.39 is 0 Å². The van der Waals surface area contributed by atoms with Crippen molar-refractivity contribution < 1.29 is 4.79 Å². The Morgan fingerprint density at radius 3 is 2.60 bits per heavy atom. The SMILES string of the molecule is CC1CCCC1N1C(=O)C(Cc2ccccc2)NC1C. The normalized spacial score (nSPS) is 33.9. The van der Waals surface area contributed by atoms with Crippen LogP contribution in [0.15, 0.2) is 30.3 Å². The van der Waals surface area contributed by atoms with Gasteiger partial charge in [-0.05, 0) is 37.7 Å².